The number of methoxy groups -OCH3 is 1. The number of carboxylic acids is 1. The monoisotopic (exact) mass is 576 g/mol. The maximum absolute atomic E-state index is 15.3. The summed E-state index contributed by atoms with van der Waals surface area (Å²) in [5.74, 6) is -0.442. The molecule has 41 heavy (non-hydrogen) atoms. The Morgan fingerprint density at radius 3 is 2.46 bits per heavy atom. The second-order valence-electron chi connectivity index (χ2n) is 9.17. The number of ether oxygens (including phenoxy) is 1. The number of nitrogens with zero attached hydrogens (tertiary/aromatic N) is 3. The number of carboxylic acid groups (broad SMARTS) is 1. The maximum Gasteiger partial charge on any atom is 0.333 e. The van der Waals surface area contributed by atoms with Crippen molar-refractivity contribution in [2.24, 2.45) is 10.9 Å². The van der Waals surface area contributed by atoms with Crippen molar-refractivity contribution in [3.05, 3.63) is 82.6 Å². The Balaban J connectivity index is 1.60. The number of carbonyl (C=O) groups is 3. The molecule has 0 aliphatic carbocycles. The first-order chi connectivity index (χ1) is 19.7. The third-order valence-corrected chi connectivity index (χ3v) is 6.76. The van der Waals surface area contributed by atoms with Crippen LogP contribution in [0.5, 0.6) is 5.75 Å². The molecule has 3 aromatic rings. The van der Waals surface area contributed by atoms with Crippen LogP contribution in [0.2, 0.25) is 5.02 Å². The number of likely N-dealkylation sites (tertiary alicyclic amines) is 1. The number of carbonyl (C=O) groups excluding carboxylic acids is 2. The lowest BCUT2D eigenvalue weighted by Crippen LogP contribution is -2.40. The highest BCUT2D eigenvalue weighted by Gasteiger charge is 2.30. The highest BCUT2D eigenvalue weighted by molar-refractivity contribution is 6.31. The normalized spacial score (nSPS) is 13.5. The molecule has 3 aromatic carbocycles. The summed E-state index contributed by atoms with van der Waals surface area (Å²) in [6.45, 7) is 1.02. The number of aliphatic imine (C=N–C) groups is 1. The smallest absolute Gasteiger partial charge is 0.333 e. The van der Waals surface area contributed by atoms with Crippen molar-refractivity contribution >= 4 is 52.9 Å². The number of urea groups is 1. The van der Waals surface area contributed by atoms with Gasteiger partial charge in [0.1, 0.15) is 11.6 Å². The maximum atomic E-state index is 15.3. The van der Waals surface area contributed by atoms with Crippen molar-refractivity contribution < 1.29 is 28.6 Å². The SMILES string of the molecule is C#Cc1ccc(NC(=O)N(C(=O)c2ccc(N=CN3CCC(C(=O)O)CC3)cc2F)c2ccc(Cl)cc2OC)cc1. The number of halogens is 2. The van der Waals surface area contributed by atoms with Crippen LogP contribution in [-0.2, 0) is 4.79 Å². The van der Waals surface area contributed by atoms with Crippen molar-refractivity contribution in [3.63, 3.8) is 0 Å². The minimum Gasteiger partial charge on any atom is -0.494 e. The highest BCUT2D eigenvalue weighted by Crippen LogP contribution is 2.33. The van der Waals surface area contributed by atoms with E-state index in [1.807, 2.05) is 4.90 Å². The fraction of sp³-hybridized carbons (Fsp3) is 0.200. The van der Waals surface area contributed by atoms with E-state index >= 15 is 4.39 Å². The van der Waals surface area contributed by atoms with E-state index in [0.717, 1.165) is 11.0 Å². The van der Waals surface area contributed by atoms with Gasteiger partial charge >= 0.3 is 12.0 Å². The van der Waals surface area contributed by atoms with E-state index in [2.05, 4.69) is 16.2 Å². The summed E-state index contributed by atoms with van der Waals surface area (Å²) in [4.78, 5) is 45.1. The van der Waals surface area contributed by atoms with Gasteiger partial charge in [-0.3, -0.25) is 9.59 Å². The largest absolute Gasteiger partial charge is 0.494 e. The first-order valence-corrected chi connectivity index (χ1v) is 12.9. The second-order valence-corrected chi connectivity index (χ2v) is 9.60. The molecule has 4 rings (SSSR count). The van der Waals surface area contributed by atoms with Crippen LogP contribution in [0, 0.1) is 24.1 Å². The van der Waals surface area contributed by atoms with Gasteiger partial charge in [0.05, 0.1) is 36.3 Å². The summed E-state index contributed by atoms with van der Waals surface area (Å²) in [6.07, 6.45) is 7.89. The van der Waals surface area contributed by atoms with E-state index in [9.17, 15) is 14.4 Å². The molecule has 0 bridgehead atoms. The van der Waals surface area contributed by atoms with Gasteiger partial charge in [0.15, 0.2) is 0 Å². The summed E-state index contributed by atoms with van der Waals surface area (Å²) in [5.41, 5.74) is 0.877. The zero-order chi connectivity index (χ0) is 29.5. The zero-order valence-electron chi connectivity index (χ0n) is 22.0. The van der Waals surface area contributed by atoms with E-state index in [1.54, 1.807) is 24.3 Å². The Bertz CT molecular complexity index is 1530. The average molecular weight is 577 g/mol. The lowest BCUT2D eigenvalue weighted by atomic mass is 9.98. The van der Waals surface area contributed by atoms with E-state index in [0.29, 0.717) is 42.2 Å². The van der Waals surface area contributed by atoms with Crippen LogP contribution >= 0.6 is 11.6 Å². The standard InChI is InChI=1S/C30H26ClFN4O5/c1-3-19-4-7-22(8-5-19)34-30(40)36(26-11-6-21(31)16-27(26)41-2)28(37)24-10-9-23(17-25(24)32)33-18-35-14-12-20(13-15-35)29(38)39/h1,4-11,16-18,20H,12-15H2,2H3,(H,34,40)(H,38,39). The Hall–Kier alpha value is -4.88. The molecule has 0 atom stereocenters. The number of anilines is 2. The molecule has 9 nitrogen and oxygen atoms in total. The van der Waals surface area contributed by atoms with Gasteiger partial charge in [-0.1, -0.05) is 17.5 Å². The molecule has 2 N–H and O–H groups in total. The second kappa shape index (κ2) is 13.0. The Labute approximate surface area is 241 Å². The van der Waals surface area contributed by atoms with Gasteiger partial charge in [-0.05, 0) is 61.4 Å². The molecule has 0 spiro atoms. The number of aliphatic carboxylic acids is 1. The van der Waals surface area contributed by atoms with Crippen molar-refractivity contribution in [1.82, 2.24) is 4.90 Å². The molecule has 1 saturated heterocycles. The van der Waals surface area contributed by atoms with E-state index in [1.165, 1.54) is 43.8 Å². The lowest BCUT2D eigenvalue weighted by Gasteiger charge is -2.28. The number of hydrogen-bond donors (Lipinski definition) is 2. The van der Waals surface area contributed by atoms with Gasteiger partial charge in [-0.15, -0.1) is 6.42 Å². The fourth-order valence-electron chi connectivity index (χ4n) is 4.26. The van der Waals surface area contributed by atoms with Gasteiger partial charge in [-0.2, -0.15) is 0 Å². The van der Waals surface area contributed by atoms with E-state index < -0.39 is 23.7 Å². The van der Waals surface area contributed by atoms with Crippen LogP contribution in [0.1, 0.15) is 28.8 Å². The van der Waals surface area contributed by atoms with Crippen LogP contribution in [0.15, 0.2) is 65.7 Å². The Kier molecular flexibility index (Phi) is 9.22. The molecule has 0 aromatic heterocycles. The number of hydrogen-bond acceptors (Lipinski definition) is 5. The predicted molar refractivity (Wildman–Crippen MR) is 155 cm³/mol. The van der Waals surface area contributed by atoms with Gasteiger partial charge < -0.3 is 20.1 Å². The van der Waals surface area contributed by atoms with Gasteiger partial charge in [0.25, 0.3) is 5.91 Å². The first-order valence-electron chi connectivity index (χ1n) is 12.6. The van der Waals surface area contributed by atoms with Gasteiger partial charge in [0.2, 0.25) is 0 Å². The Morgan fingerprint density at radius 2 is 1.85 bits per heavy atom. The number of amides is 3. The molecule has 210 valence electrons. The fourth-order valence-corrected chi connectivity index (χ4v) is 4.43. The van der Waals surface area contributed by atoms with E-state index in [4.69, 9.17) is 27.9 Å². The molecule has 11 heteroatoms. The van der Waals surface area contributed by atoms with Crippen LogP contribution in [0.3, 0.4) is 0 Å². The van der Waals surface area contributed by atoms with Crippen LogP contribution < -0.4 is 15.0 Å². The first kappa shape index (κ1) is 29.1. The minimum atomic E-state index is -0.952. The van der Waals surface area contributed by atoms with Gasteiger partial charge in [0, 0.05) is 41.5 Å². The predicted octanol–water partition coefficient (Wildman–Crippen LogP) is 5.80. The summed E-state index contributed by atoms with van der Waals surface area (Å²) < 4.78 is 20.7. The number of imide groups is 1. The molecular weight excluding hydrogens is 551 g/mol. The zero-order valence-corrected chi connectivity index (χ0v) is 22.8. The number of nitrogens with one attached hydrogen (secondary N) is 1. The number of piperidine rings is 1. The highest BCUT2D eigenvalue weighted by atomic mass is 35.5. The summed E-state index contributed by atoms with van der Waals surface area (Å²) in [6, 6.07) is 13.6. The molecule has 1 fully saturated rings. The third kappa shape index (κ3) is 7.01. The molecule has 1 heterocycles. The number of rotatable bonds is 7. The van der Waals surface area contributed by atoms with E-state index in [-0.39, 0.29) is 28.6 Å². The van der Waals surface area contributed by atoms with Crippen molar-refractivity contribution in [2.75, 3.05) is 30.4 Å². The molecule has 3 amide bonds. The minimum absolute atomic E-state index is 0.0471. The third-order valence-electron chi connectivity index (χ3n) is 6.52. The lowest BCUT2D eigenvalue weighted by molar-refractivity contribution is -0.143. The van der Waals surface area contributed by atoms with Crippen LogP contribution in [-0.4, -0.2) is 54.5 Å². The van der Waals surface area contributed by atoms with Crippen molar-refractivity contribution in [2.45, 2.75) is 12.8 Å². The summed E-state index contributed by atoms with van der Waals surface area (Å²) in [5, 5.41) is 12.1. The van der Waals surface area contributed by atoms with Crippen molar-refractivity contribution in [1.29, 1.82) is 0 Å². The molecule has 0 saturated carbocycles. The van der Waals surface area contributed by atoms with Gasteiger partial charge in [-0.25, -0.2) is 19.1 Å². The summed E-state index contributed by atoms with van der Waals surface area (Å²) >= 11 is 6.08. The molecular formula is C30H26ClFN4O5. The van der Waals surface area contributed by atoms with Crippen LogP contribution in [0.25, 0.3) is 0 Å². The topological polar surface area (TPSA) is 112 Å². The Morgan fingerprint density at radius 1 is 1.15 bits per heavy atom. The average Bonchev–Trinajstić information content (AvgIpc) is 2.97. The van der Waals surface area contributed by atoms with Crippen molar-refractivity contribution in [3.8, 4) is 18.1 Å². The molecule has 1 aliphatic heterocycles. The van der Waals surface area contributed by atoms with Crippen LogP contribution in [0.4, 0.5) is 26.2 Å². The number of terminal acetylenes is 1. The quantitative estimate of drug-likeness (QED) is 0.209. The molecule has 0 radical (unpaired) electrons. The molecule has 0 unspecified atom stereocenters. The molecule has 1 aliphatic rings. The summed E-state index contributed by atoms with van der Waals surface area (Å²) in [7, 11) is 1.35. The number of benzene rings is 3.